The molecule has 9 heteroatoms. The molecule has 3 aromatic carbocycles. The van der Waals surface area contributed by atoms with Gasteiger partial charge in [0, 0.05) is 5.69 Å². The lowest BCUT2D eigenvalue weighted by Gasteiger charge is -2.16. The van der Waals surface area contributed by atoms with Crippen molar-refractivity contribution < 1.29 is 19.1 Å². The second kappa shape index (κ2) is 10.9. The Labute approximate surface area is 206 Å². The van der Waals surface area contributed by atoms with Crippen molar-refractivity contribution in [3.63, 3.8) is 0 Å². The van der Waals surface area contributed by atoms with Gasteiger partial charge in [-0.2, -0.15) is 0 Å². The summed E-state index contributed by atoms with van der Waals surface area (Å²) in [6.45, 7) is -0.172. The van der Waals surface area contributed by atoms with Crippen molar-refractivity contribution in [2.75, 3.05) is 24.5 Å². The van der Waals surface area contributed by atoms with Gasteiger partial charge in [-0.05, 0) is 60.3 Å². The Morgan fingerprint density at radius 2 is 1.68 bits per heavy atom. The minimum absolute atomic E-state index is 0.172. The summed E-state index contributed by atoms with van der Waals surface area (Å²) in [5, 5.41) is 4.11. The number of carbonyl (C=O) groups is 2. The number of benzene rings is 3. The number of para-hydroxylation sites is 2. The molecular weight excluding hydrogens is 470 g/mol. The van der Waals surface area contributed by atoms with Gasteiger partial charge in [-0.3, -0.25) is 15.0 Å². The third kappa shape index (κ3) is 5.75. The van der Waals surface area contributed by atoms with Crippen LogP contribution in [0.5, 0.6) is 11.5 Å². The molecule has 0 aromatic heterocycles. The molecule has 2 amide bonds. The van der Waals surface area contributed by atoms with Crippen molar-refractivity contribution in [3.8, 4) is 11.5 Å². The van der Waals surface area contributed by atoms with E-state index < -0.39 is 0 Å². The van der Waals surface area contributed by atoms with E-state index in [0.29, 0.717) is 26.4 Å². The summed E-state index contributed by atoms with van der Waals surface area (Å²) in [6, 6.07) is 23.7. The number of hydrazine groups is 1. The van der Waals surface area contributed by atoms with Crippen LogP contribution in [0, 0.1) is 0 Å². The van der Waals surface area contributed by atoms with Gasteiger partial charge in [0.05, 0.1) is 17.7 Å². The number of thioether (sulfide) groups is 1. The molecule has 0 bridgehead atoms. The zero-order valence-corrected chi connectivity index (χ0v) is 19.8. The fourth-order valence-corrected chi connectivity index (χ4v) is 4.29. The van der Waals surface area contributed by atoms with E-state index in [1.807, 2.05) is 48.5 Å². The van der Waals surface area contributed by atoms with Gasteiger partial charge >= 0.3 is 0 Å². The molecule has 0 saturated carbocycles. The van der Waals surface area contributed by atoms with Crippen molar-refractivity contribution >= 4 is 57.6 Å². The minimum Gasteiger partial charge on any atom is -0.493 e. The number of hydrogen-bond donors (Lipinski definition) is 2. The molecule has 0 atom stereocenters. The second-order valence-electron chi connectivity index (χ2n) is 7.11. The number of hydrogen-bond acceptors (Lipinski definition) is 7. The van der Waals surface area contributed by atoms with Crippen LogP contribution in [0.4, 0.5) is 11.4 Å². The van der Waals surface area contributed by atoms with Crippen LogP contribution in [0.25, 0.3) is 6.08 Å². The molecule has 0 aliphatic carbocycles. The average Bonchev–Trinajstić information content (AvgIpc) is 3.11. The third-order valence-corrected chi connectivity index (χ3v) is 6.01. The fourth-order valence-electron chi connectivity index (χ4n) is 3.11. The first-order valence-corrected chi connectivity index (χ1v) is 11.5. The lowest BCUT2D eigenvalue weighted by Crippen LogP contribution is -2.33. The molecule has 0 unspecified atom stereocenters. The van der Waals surface area contributed by atoms with Crippen molar-refractivity contribution in [2.45, 2.75) is 0 Å². The summed E-state index contributed by atoms with van der Waals surface area (Å²) in [5.74, 6) is 0.336. The molecule has 34 heavy (non-hydrogen) atoms. The maximum Gasteiger partial charge on any atom is 0.285 e. The van der Waals surface area contributed by atoms with Crippen LogP contribution in [0.3, 0.4) is 0 Å². The zero-order valence-electron chi connectivity index (χ0n) is 18.2. The molecule has 0 radical (unpaired) electrons. The second-order valence-corrected chi connectivity index (χ2v) is 8.78. The standard InChI is InChI=1S/C25H21N3O4S2/c1-31-21-14-17(12-13-20(21)32-16-23(29)26-18-8-4-2-5-9-18)15-22-24(30)28(25(33)34-22)27-19-10-6-3-7-11-19/h2-15,27H,16H2,1H3,(H,26,29). The molecule has 1 aliphatic heterocycles. The molecular formula is C25H21N3O4S2. The molecule has 3 aromatic rings. The first-order chi connectivity index (χ1) is 16.5. The molecule has 4 rings (SSSR count). The quantitative estimate of drug-likeness (QED) is 0.341. The summed E-state index contributed by atoms with van der Waals surface area (Å²) < 4.78 is 11.5. The van der Waals surface area contributed by atoms with E-state index in [-0.39, 0.29) is 18.4 Å². The lowest BCUT2D eigenvalue weighted by atomic mass is 10.2. The van der Waals surface area contributed by atoms with Crippen LogP contribution < -0.4 is 20.2 Å². The van der Waals surface area contributed by atoms with Crippen LogP contribution in [0.1, 0.15) is 5.56 Å². The average molecular weight is 492 g/mol. The summed E-state index contributed by atoms with van der Waals surface area (Å²) >= 11 is 6.58. The first-order valence-electron chi connectivity index (χ1n) is 10.3. The highest BCUT2D eigenvalue weighted by molar-refractivity contribution is 8.26. The van der Waals surface area contributed by atoms with Gasteiger partial charge in [0.15, 0.2) is 22.4 Å². The molecule has 1 aliphatic rings. The maximum absolute atomic E-state index is 12.9. The Hall–Kier alpha value is -3.82. The molecule has 1 fully saturated rings. The topological polar surface area (TPSA) is 79.9 Å². The predicted molar refractivity (Wildman–Crippen MR) is 139 cm³/mol. The monoisotopic (exact) mass is 491 g/mol. The summed E-state index contributed by atoms with van der Waals surface area (Å²) in [5.41, 5.74) is 5.22. The number of nitrogens with one attached hydrogen (secondary N) is 2. The highest BCUT2D eigenvalue weighted by Crippen LogP contribution is 2.35. The van der Waals surface area contributed by atoms with Gasteiger partial charge in [0.25, 0.3) is 11.8 Å². The summed E-state index contributed by atoms with van der Waals surface area (Å²) in [4.78, 5) is 25.5. The Morgan fingerprint density at radius 3 is 2.35 bits per heavy atom. The largest absolute Gasteiger partial charge is 0.493 e. The Balaban J connectivity index is 1.42. The normalized spacial score (nSPS) is 14.3. The highest BCUT2D eigenvalue weighted by Gasteiger charge is 2.32. The smallest absolute Gasteiger partial charge is 0.285 e. The van der Waals surface area contributed by atoms with E-state index in [1.54, 1.807) is 36.4 Å². The third-order valence-electron chi connectivity index (χ3n) is 4.71. The number of nitrogens with zero attached hydrogens (tertiary/aromatic N) is 1. The van der Waals surface area contributed by atoms with E-state index in [2.05, 4.69) is 10.7 Å². The van der Waals surface area contributed by atoms with E-state index in [0.717, 1.165) is 11.3 Å². The number of rotatable bonds is 8. The van der Waals surface area contributed by atoms with Gasteiger partial charge in [-0.15, -0.1) is 0 Å². The Kier molecular flexibility index (Phi) is 7.46. The van der Waals surface area contributed by atoms with E-state index >= 15 is 0 Å². The number of carbonyl (C=O) groups excluding carboxylic acids is 2. The van der Waals surface area contributed by atoms with E-state index in [1.165, 1.54) is 23.9 Å². The number of amides is 2. The number of thiocarbonyl (C=S) groups is 1. The SMILES string of the molecule is COc1cc(C=C2SC(=S)N(Nc3ccccc3)C2=O)ccc1OCC(=O)Nc1ccccc1. The molecule has 7 nitrogen and oxygen atoms in total. The maximum atomic E-state index is 12.9. The van der Waals surface area contributed by atoms with E-state index in [9.17, 15) is 9.59 Å². The fraction of sp³-hybridized carbons (Fsp3) is 0.0800. The predicted octanol–water partition coefficient (Wildman–Crippen LogP) is 4.94. The van der Waals surface area contributed by atoms with Gasteiger partial charge < -0.3 is 14.8 Å². The Bertz CT molecular complexity index is 1230. The van der Waals surface area contributed by atoms with Crippen LogP contribution in [-0.2, 0) is 9.59 Å². The first kappa shape index (κ1) is 23.3. The lowest BCUT2D eigenvalue weighted by molar-refractivity contribution is -0.121. The van der Waals surface area contributed by atoms with Gasteiger partial charge in [0.2, 0.25) is 0 Å². The van der Waals surface area contributed by atoms with Crippen molar-refractivity contribution in [1.82, 2.24) is 5.01 Å². The molecule has 0 spiro atoms. The van der Waals surface area contributed by atoms with Crippen molar-refractivity contribution in [1.29, 1.82) is 0 Å². The zero-order chi connectivity index (χ0) is 23.9. The van der Waals surface area contributed by atoms with E-state index in [4.69, 9.17) is 21.7 Å². The Morgan fingerprint density at radius 1 is 1.00 bits per heavy atom. The molecule has 1 saturated heterocycles. The molecule has 172 valence electrons. The van der Waals surface area contributed by atoms with Gasteiger partial charge in [-0.25, -0.2) is 5.01 Å². The number of methoxy groups -OCH3 is 1. The van der Waals surface area contributed by atoms with Crippen LogP contribution in [0.2, 0.25) is 0 Å². The minimum atomic E-state index is -0.285. The molecule has 1 heterocycles. The van der Waals surface area contributed by atoms with Crippen molar-refractivity contribution in [3.05, 3.63) is 89.3 Å². The van der Waals surface area contributed by atoms with Gasteiger partial charge in [0.1, 0.15) is 0 Å². The summed E-state index contributed by atoms with van der Waals surface area (Å²) in [7, 11) is 1.51. The molecule has 2 N–H and O–H groups in total. The number of anilines is 2. The van der Waals surface area contributed by atoms with Crippen molar-refractivity contribution in [2.24, 2.45) is 0 Å². The van der Waals surface area contributed by atoms with Crippen LogP contribution >= 0.6 is 24.0 Å². The van der Waals surface area contributed by atoms with Crippen LogP contribution in [-0.4, -0.2) is 34.9 Å². The summed E-state index contributed by atoms with van der Waals surface area (Å²) in [6.07, 6.45) is 1.74. The van der Waals surface area contributed by atoms with Gasteiger partial charge in [-0.1, -0.05) is 54.2 Å². The highest BCUT2D eigenvalue weighted by atomic mass is 32.2. The van der Waals surface area contributed by atoms with Crippen LogP contribution in [0.15, 0.2) is 83.8 Å². The number of ether oxygens (including phenoxy) is 2.